The van der Waals surface area contributed by atoms with Gasteiger partial charge in [-0.05, 0) is 51.0 Å². The largest absolute Gasteiger partial charge is 0.482 e. The van der Waals surface area contributed by atoms with Crippen molar-refractivity contribution >= 4 is 21.9 Å². The van der Waals surface area contributed by atoms with Gasteiger partial charge in [0.05, 0.1) is 12.2 Å². The fourth-order valence-corrected chi connectivity index (χ4v) is 4.46. The van der Waals surface area contributed by atoms with Gasteiger partial charge in [-0.2, -0.15) is 0 Å². The fraction of sp³-hybridized carbons (Fsp3) is 0.375. The molecule has 1 saturated heterocycles. The van der Waals surface area contributed by atoms with Crippen LogP contribution in [0.1, 0.15) is 49.0 Å². The van der Waals surface area contributed by atoms with Crippen LogP contribution in [0.5, 0.6) is 5.75 Å². The quantitative estimate of drug-likeness (QED) is 0.535. The SMILES string of the molecule is C=C(C)[C@H]1C[C@H](c2cccc(C)c2)[C@H](C)O[C@@H]1c1cc(Br)ccc1OCC(=O)O. The highest BCUT2D eigenvalue weighted by atomic mass is 79.9. The summed E-state index contributed by atoms with van der Waals surface area (Å²) in [6, 6.07) is 14.2. The number of hydrogen-bond donors (Lipinski definition) is 1. The molecule has 2 aromatic rings. The summed E-state index contributed by atoms with van der Waals surface area (Å²) < 4.78 is 13.0. The van der Waals surface area contributed by atoms with Gasteiger partial charge in [0.15, 0.2) is 6.61 Å². The Morgan fingerprint density at radius 2 is 2.07 bits per heavy atom. The van der Waals surface area contributed by atoms with Gasteiger partial charge in [0, 0.05) is 21.9 Å². The molecule has 5 heteroatoms. The van der Waals surface area contributed by atoms with E-state index in [-0.39, 0.29) is 30.7 Å². The van der Waals surface area contributed by atoms with Crippen molar-refractivity contribution in [1.29, 1.82) is 0 Å². The summed E-state index contributed by atoms with van der Waals surface area (Å²) in [7, 11) is 0. The second-order valence-electron chi connectivity index (χ2n) is 7.84. The molecular formula is C24H27BrO4. The maximum absolute atomic E-state index is 11.0. The van der Waals surface area contributed by atoms with E-state index in [9.17, 15) is 4.79 Å². The van der Waals surface area contributed by atoms with E-state index in [2.05, 4.69) is 60.6 Å². The van der Waals surface area contributed by atoms with Gasteiger partial charge in [0.1, 0.15) is 5.75 Å². The number of carboxylic acid groups (broad SMARTS) is 1. The average molecular weight is 459 g/mol. The first kappa shape index (κ1) is 21.6. The molecule has 154 valence electrons. The highest BCUT2D eigenvalue weighted by Gasteiger charge is 2.39. The fourth-order valence-electron chi connectivity index (χ4n) is 4.08. The normalized spacial score (nSPS) is 24.1. The van der Waals surface area contributed by atoms with Gasteiger partial charge in [-0.15, -0.1) is 0 Å². The maximum atomic E-state index is 11.0. The van der Waals surface area contributed by atoms with Crippen molar-refractivity contribution in [2.75, 3.05) is 6.61 Å². The minimum absolute atomic E-state index is 0.00343. The summed E-state index contributed by atoms with van der Waals surface area (Å²) in [6.45, 7) is 10.1. The topological polar surface area (TPSA) is 55.8 Å². The Morgan fingerprint density at radius 1 is 1.31 bits per heavy atom. The third kappa shape index (κ3) is 5.09. The molecule has 1 N–H and O–H groups in total. The van der Waals surface area contributed by atoms with E-state index >= 15 is 0 Å². The van der Waals surface area contributed by atoms with Crippen LogP contribution in [0.3, 0.4) is 0 Å². The molecule has 0 bridgehead atoms. The van der Waals surface area contributed by atoms with Gasteiger partial charge < -0.3 is 14.6 Å². The number of benzene rings is 2. The molecule has 29 heavy (non-hydrogen) atoms. The monoisotopic (exact) mass is 458 g/mol. The van der Waals surface area contributed by atoms with E-state index in [0.29, 0.717) is 5.75 Å². The Hall–Kier alpha value is -2.11. The molecule has 1 heterocycles. The van der Waals surface area contributed by atoms with E-state index in [0.717, 1.165) is 22.0 Å². The van der Waals surface area contributed by atoms with Crippen LogP contribution in [0.25, 0.3) is 0 Å². The predicted octanol–water partition coefficient (Wildman–Crippen LogP) is 6.05. The van der Waals surface area contributed by atoms with Crippen LogP contribution in [0.2, 0.25) is 0 Å². The molecule has 4 atom stereocenters. The Bertz CT molecular complexity index is 908. The third-order valence-electron chi connectivity index (χ3n) is 5.53. The number of carbonyl (C=O) groups is 1. The maximum Gasteiger partial charge on any atom is 0.341 e. The summed E-state index contributed by atoms with van der Waals surface area (Å²) in [5, 5.41) is 9.02. The second-order valence-corrected chi connectivity index (χ2v) is 8.75. The number of halogens is 1. The molecule has 1 aliphatic heterocycles. The molecule has 0 amide bonds. The van der Waals surface area contributed by atoms with Crippen LogP contribution in [-0.2, 0) is 9.53 Å². The van der Waals surface area contributed by atoms with Gasteiger partial charge in [-0.25, -0.2) is 4.79 Å². The van der Waals surface area contributed by atoms with Crippen LogP contribution in [0.15, 0.2) is 59.1 Å². The van der Waals surface area contributed by atoms with E-state index < -0.39 is 5.97 Å². The van der Waals surface area contributed by atoms with Gasteiger partial charge in [0.2, 0.25) is 0 Å². The lowest BCUT2D eigenvalue weighted by Crippen LogP contribution is -2.34. The number of rotatable bonds is 6. The molecule has 0 aliphatic carbocycles. The lowest BCUT2D eigenvalue weighted by atomic mass is 9.75. The number of ether oxygens (including phenoxy) is 2. The van der Waals surface area contributed by atoms with Crippen LogP contribution < -0.4 is 4.74 Å². The van der Waals surface area contributed by atoms with E-state index in [1.54, 1.807) is 6.07 Å². The summed E-state index contributed by atoms with van der Waals surface area (Å²) in [4.78, 5) is 11.0. The predicted molar refractivity (Wildman–Crippen MR) is 117 cm³/mol. The van der Waals surface area contributed by atoms with Crippen molar-refractivity contribution in [2.45, 2.75) is 45.3 Å². The van der Waals surface area contributed by atoms with Crippen LogP contribution in [0, 0.1) is 12.8 Å². The summed E-state index contributed by atoms with van der Waals surface area (Å²) in [5.41, 5.74) is 4.41. The lowest BCUT2D eigenvalue weighted by Gasteiger charge is -2.42. The molecule has 0 aromatic heterocycles. The first-order valence-corrected chi connectivity index (χ1v) is 10.6. The van der Waals surface area contributed by atoms with E-state index in [1.807, 2.05) is 19.1 Å². The zero-order valence-corrected chi connectivity index (χ0v) is 18.6. The van der Waals surface area contributed by atoms with Gasteiger partial charge in [0.25, 0.3) is 0 Å². The van der Waals surface area contributed by atoms with Crippen LogP contribution in [0.4, 0.5) is 0 Å². The molecule has 0 spiro atoms. The molecule has 0 unspecified atom stereocenters. The van der Waals surface area contributed by atoms with Crippen LogP contribution in [-0.4, -0.2) is 23.8 Å². The van der Waals surface area contributed by atoms with Crippen molar-refractivity contribution in [2.24, 2.45) is 5.92 Å². The van der Waals surface area contributed by atoms with Crippen molar-refractivity contribution in [3.63, 3.8) is 0 Å². The third-order valence-corrected chi connectivity index (χ3v) is 6.03. The second kappa shape index (κ2) is 9.14. The van der Waals surface area contributed by atoms with Crippen molar-refractivity contribution < 1.29 is 19.4 Å². The van der Waals surface area contributed by atoms with Crippen molar-refractivity contribution in [3.8, 4) is 5.75 Å². The molecule has 4 nitrogen and oxygen atoms in total. The summed E-state index contributed by atoms with van der Waals surface area (Å²) in [6.07, 6.45) is 0.670. The average Bonchev–Trinajstić information content (AvgIpc) is 2.66. The van der Waals surface area contributed by atoms with Gasteiger partial charge in [-0.3, -0.25) is 0 Å². The molecule has 3 rings (SSSR count). The van der Waals surface area contributed by atoms with Crippen LogP contribution >= 0.6 is 15.9 Å². The lowest BCUT2D eigenvalue weighted by molar-refractivity contribution is -0.139. The van der Waals surface area contributed by atoms with E-state index in [1.165, 1.54) is 11.1 Å². The first-order chi connectivity index (χ1) is 13.8. The molecule has 0 saturated carbocycles. The van der Waals surface area contributed by atoms with Crippen molar-refractivity contribution in [1.82, 2.24) is 0 Å². The van der Waals surface area contributed by atoms with Gasteiger partial charge in [-0.1, -0.05) is 57.9 Å². The first-order valence-electron chi connectivity index (χ1n) is 9.77. The minimum Gasteiger partial charge on any atom is -0.482 e. The zero-order valence-electron chi connectivity index (χ0n) is 17.0. The summed E-state index contributed by atoms with van der Waals surface area (Å²) in [5.74, 6) is -0.109. The standard InChI is InChI=1S/C24H27BrO4/c1-14(2)19-12-20(17-7-5-6-15(3)10-17)16(4)29-24(19)21-11-18(25)8-9-22(21)28-13-23(26)27/h5-11,16,19-20,24H,1,12-13H2,2-4H3,(H,26,27)/t16-,19+,20-,24-/m0/s1. The Morgan fingerprint density at radius 3 is 2.72 bits per heavy atom. The van der Waals surface area contributed by atoms with E-state index in [4.69, 9.17) is 14.6 Å². The molecule has 1 aliphatic rings. The Balaban J connectivity index is 1.95. The number of aryl methyl sites for hydroxylation is 1. The van der Waals surface area contributed by atoms with Gasteiger partial charge >= 0.3 is 5.97 Å². The minimum atomic E-state index is -1.01. The van der Waals surface area contributed by atoms with Crippen molar-refractivity contribution in [3.05, 3.63) is 75.8 Å². The highest BCUT2D eigenvalue weighted by Crippen LogP contribution is 2.48. The zero-order chi connectivity index (χ0) is 21.1. The highest BCUT2D eigenvalue weighted by molar-refractivity contribution is 9.10. The number of hydrogen-bond acceptors (Lipinski definition) is 3. The Kier molecular flexibility index (Phi) is 6.81. The Labute approximate surface area is 180 Å². The number of aliphatic carboxylic acids is 1. The molecule has 1 fully saturated rings. The number of carboxylic acids is 1. The molecule has 2 aromatic carbocycles. The molecule has 0 radical (unpaired) electrons. The summed E-state index contributed by atoms with van der Waals surface area (Å²) >= 11 is 3.52. The smallest absolute Gasteiger partial charge is 0.341 e. The molecular weight excluding hydrogens is 432 g/mol.